The lowest BCUT2D eigenvalue weighted by Gasteiger charge is -2.07. The van der Waals surface area contributed by atoms with E-state index in [9.17, 15) is 4.79 Å². The van der Waals surface area contributed by atoms with Crippen molar-refractivity contribution in [3.05, 3.63) is 71.0 Å². The van der Waals surface area contributed by atoms with Crippen molar-refractivity contribution < 1.29 is 0 Å². The van der Waals surface area contributed by atoms with Crippen molar-refractivity contribution in [2.45, 2.75) is 13.5 Å². The summed E-state index contributed by atoms with van der Waals surface area (Å²) >= 11 is 0. The molecule has 0 atom stereocenters. The highest BCUT2D eigenvalue weighted by Crippen LogP contribution is 2.21. The summed E-state index contributed by atoms with van der Waals surface area (Å²) in [7, 11) is 0. The Hall–Kier alpha value is -2.88. The van der Waals surface area contributed by atoms with E-state index in [1.54, 1.807) is 4.57 Å². The first kappa shape index (κ1) is 12.8. The molecule has 4 rings (SSSR count). The molecule has 0 bridgehead atoms. The lowest BCUT2D eigenvalue weighted by atomic mass is 10.2. The molecule has 2 aromatic carbocycles. The summed E-state index contributed by atoms with van der Waals surface area (Å²) in [6.07, 6.45) is 0. The summed E-state index contributed by atoms with van der Waals surface area (Å²) in [4.78, 5) is 12.6. The van der Waals surface area contributed by atoms with Crippen LogP contribution >= 0.6 is 0 Å². The molecule has 4 heteroatoms. The van der Waals surface area contributed by atoms with Gasteiger partial charge in [-0.1, -0.05) is 42.5 Å². The summed E-state index contributed by atoms with van der Waals surface area (Å²) in [5.74, 6) is 0. The normalized spacial score (nSPS) is 11.3. The predicted octanol–water partition coefficient (Wildman–Crippen LogP) is 3.34. The number of hydrogen-bond donors (Lipinski definition) is 0. The van der Waals surface area contributed by atoms with Crippen LogP contribution in [0, 0.1) is 0 Å². The van der Waals surface area contributed by atoms with Crippen LogP contribution in [0.3, 0.4) is 0 Å². The van der Waals surface area contributed by atoms with Gasteiger partial charge in [-0.3, -0.25) is 9.36 Å². The number of fused-ring (bicyclic) bond motifs is 3. The third kappa shape index (κ3) is 1.77. The summed E-state index contributed by atoms with van der Waals surface area (Å²) in [6.45, 7) is 2.60. The molecule has 0 N–H and O–H groups in total. The fourth-order valence-corrected chi connectivity index (χ4v) is 2.88. The third-order valence-corrected chi connectivity index (χ3v) is 3.96. The number of para-hydroxylation sites is 1. The second-order valence-electron chi connectivity index (χ2n) is 5.23. The van der Waals surface area contributed by atoms with Gasteiger partial charge in [-0.15, -0.1) is 0 Å². The minimum atomic E-state index is 0.0325. The van der Waals surface area contributed by atoms with Crippen LogP contribution in [-0.4, -0.2) is 14.2 Å². The Morgan fingerprint density at radius 3 is 2.50 bits per heavy atom. The van der Waals surface area contributed by atoms with Gasteiger partial charge in [0.15, 0.2) is 0 Å². The Bertz CT molecular complexity index is 1030. The minimum absolute atomic E-state index is 0.0325. The second kappa shape index (κ2) is 4.84. The maximum absolute atomic E-state index is 12.6. The van der Waals surface area contributed by atoms with E-state index in [4.69, 9.17) is 5.10 Å². The van der Waals surface area contributed by atoms with Gasteiger partial charge in [0.1, 0.15) is 5.65 Å². The van der Waals surface area contributed by atoms with Crippen molar-refractivity contribution in [2.75, 3.05) is 0 Å². The molecule has 0 spiro atoms. The summed E-state index contributed by atoms with van der Waals surface area (Å²) < 4.78 is 3.63. The average molecular weight is 289 g/mol. The second-order valence-corrected chi connectivity index (χ2v) is 5.23. The molecule has 0 saturated carbocycles. The number of hydrogen-bond acceptors (Lipinski definition) is 2. The van der Waals surface area contributed by atoms with Crippen LogP contribution in [0.4, 0.5) is 0 Å². The van der Waals surface area contributed by atoms with Gasteiger partial charge < -0.3 is 0 Å². The first-order valence-electron chi connectivity index (χ1n) is 7.36. The SMILES string of the molecule is CCn1c(=O)c2ccccc2n2nc(-c3ccccc3)cc12. The zero-order valence-corrected chi connectivity index (χ0v) is 12.2. The summed E-state index contributed by atoms with van der Waals surface area (Å²) in [5.41, 5.74) is 3.62. The van der Waals surface area contributed by atoms with Crippen LogP contribution in [0.2, 0.25) is 0 Å². The average Bonchev–Trinajstić information content (AvgIpc) is 3.01. The molecule has 2 heterocycles. The van der Waals surface area contributed by atoms with Gasteiger partial charge in [-0.25, -0.2) is 4.52 Å². The molecule has 0 aliphatic rings. The number of benzene rings is 2. The Kier molecular flexibility index (Phi) is 2.82. The molecule has 22 heavy (non-hydrogen) atoms. The van der Waals surface area contributed by atoms with Crippen molar-refractivity contribution in [3.63, 3.8) is 0 Å². The van der Waals surface area contributed by atoms with Crippen LogP contribution in [0.5, 0.6) is 0 Å². The van der Waals surface area contributed by atoms with Crippen molar-refractivity contribution in [1.29, 1.82) is 0 Å². The highest BCUT2D eigenvalue weighted by atomic mass is 16.1. The van der Waals surface area contributed by atoms with Gasteiger partial charge in [0.05, 0.1) is 16.6 Å². The Morgan fingerprint density at radius 1 is 1.00 bits per heavy atom. The Morgan fingerprint density at radius 2 is 1.73 bits per heavy atom. The van der Waals surface area contributed by atoms with E-state index >= 15 is 0 Å². The first-order valence-corrected chi connectivity index (χ1v) is 7.36. The fraction of sp³-hybridized carbons (Fsp3) is 0.111. The molecule has 4 nitrogen and oxygen atoms in total. The maximum atomic E-state index is 12.6. The molecular weight excluding hydrogens is 274 g/mol. The molecule has 0 amide bonds. The predicted molar refractivity (Wildman–Crippen MR) is 88.1 cm³/mol. The fourth-order valence-electron chi connectivity index (χ4n) is 2.88. The van der Waals surface area contributed by atoms with Crippen molar-refractivity contribution in [3.8, 4) is 11.3 Å². The molecule has 0 aliphatic heterocycles. The van der Waals surface area contributed by atoms with E-state index in [1.807, 2.05) is 72.1 Å². The van der Waals surface area contributed by atoms with Crippen molar-refractivity contribution in [2.24, 2.45) is 0 Å². The molecule has 0 radical (unpaired) electrons. The van der Waals surface area contributed by atoms with Crippen LogP contribution in [0.25, 0.3) is 27.8 Å². The Labute approximate surface area is 127 Å². The zero-order chi connectivity index (χ0) is 15.1. The van der Waals surface area contributed by atoms with E-state index in [0.717, 1.165) is 22.4 Å². The van der Waals surface area contributed by atoms with Crippen molar-refractivity contribution >= 4 is 16.6 Å². The van der Waals surface area contributed by atoms with Gasteiger partial charge in [0.25, 0.3) is 5.56 Å². The van der Waals surface area contributed by atoms with Crippen LogP contribution in [0.1, 0.15) is 6.92 Å². The largest absolute Gasteiger partial charge is 0.293 e. The van der Waals surface area contributed by atoms with Crippen molar-refractivity contribution in [1.82, 2.24) is 14.2 Å². The lowest BCUT2D eigenvalue weighted by Crippen LogP contribution is -2.21. The third-order valence-electron chi connectivity index (χ3n) is 3.96. The van der Waals surface area contributed by atoms with Crippen LogP contribution in [-0.2, 0) is 6.54 Å². The number of nitrogens with zero attached hydrogens (tertiary/aromatic N) is 3. The monoisotopic (exact) mass is 289 g/mol. The summed E-state index contributed by atoms with van der Waals surface area (Å²) in [6, 6.07) is 19.6. The molecule has 108 valence electrons. The van der Waals surface area contributed by atoms with E-state index in [0.29, 0.717) is 11.9 Å². The molecule has 0 aliphatic carbocycles. The molecule has 0 unspecified atom stereocenters. The molecule has 2 aromatic heterocycles. The van der Waals surface area contributed by atoms with E-state index in [2.05, 4.69) is 0 Å². The number of aromatic nitrogens is 3. The topological polar surface area (TPSA) is 39.3 Å². The number of rotatable bonds is 2. The van der Waals surface area contributed by atoms with Crippen LogP contribution < -0.4 is 5.56 Å². The van der Waals surface area contributed by atoms with E-state index in [1.165, 1.54) is 0 Å². The summed E-state index contributed by atoms with van der Waals surface area (Å²) in [5, 5.41) is 5.41. The molecule has 0 fully saturated rings. The molecule has 4 aromatic rings. The highest BCUT2D eigenvalue weighted by molar-refractivity contribution is 5.81. The smallest absolute Gasteiger partial charge is 0.261 e. The van der Waals surface area contributed by atoms with Gasteiger partial charge in [0.2, 0.25) is 0 Å². The Balaban J connectivity index is 2.15. The van der Waals surface area contributed by atoms with Gasteiger partial charge >= 0.3 is 0 Å². The lowest BCUT2D eigenvalue weighted by molar-refractivity contribution is 0.738. The number of aryl methyl sites for hydroxylation is 1. The van der Waals surface area contributed by atoms with E-state index < -0.39 is 0 Å². The molecular formula is C18H15N3O. The standard InChI is InChI=1S/C18H15N3O/c1-2-20-17-12-15(13-8-4-3-5-9-13)19-21(17)16-11-7-6-10-14(16)18(20)22/h3-12H,2H2,1H3. The van der Waals surface area contributed by atoms with Crippen LogP contribution in [0.15, 0.2) is 65.5 Å². The van der Waals surface area contributed by atoms with E-state index in [-0.39, 0.29) is 5.56 Å². The quantitative estimate of drug-likeness (QED) is 0.568. The minimum Gasteiger partial charge on any atom is -0.293 e. The maximum Gasteiger partial charge on any atom is 0.261 e. The molecule has 0 saturated heterocycles. The van der Waals surface area contributed by atoms with Gasteiger partial charge in [-0.2, -0.15) is 5.10 Å². The zero-order valence-electron chi connectivity index (χ0n) is 12.2. The first-order chi connectivity index (χ1) is 10.8. The highest BCUT2D eigenvalue weighted by Gasteiger charge is 2.13. The van der Waals surface area contributed by atoms with Gasteiger partial charge in [0, 0.05) is 18.2 Å². The van der Waals surface area contributed by atoms with Gasteiger partial charge in [-0.05, 0) is 19.1 Å².